The fourth-order valence-corrected chi connectivity index (χ4v) is 4.61. The van der Waals surface area contributed by atoms with Gasteiger partial charge in [-0.2, -0.15) is 8.42 Å². The van der Waals surface area contributed by atoms with Gasteiger partial charge in [0.05, 0.1) is 0 Å². The third-order valence-electron chi connectivity index (χ3n) is 4.03. The largest absolute Gasteiger partial charge is 0.298 e. The molecule has 0 amide bonds. The van der Waals surface area contributed by atoms with Crippen LogP contribution in [0.2, 0.25) is 0 Å². The predicted octanol–water partition coefficient (Wildman–Crippen LogP) is 1.91. The van der Waals surface area contributed by atoms with Crippen molar-refractivity contribution in [3.05, 3.63) is 35.2 Å². The third-order valence-corrected chi connectivity index (χ3v) is 5.70. The van der Waals surface area contributed by atoms with Crippen molar-refractivity contribution in [2.45, 2.75) is 19.4 Å². The van der Waals surface area contributed by atoms with Gasteiger partial charge >= 0.3 is 0 Å². The Balaban J connectivity index is 1.60. The van der Waals surface area contributed by atoms with Gasteiger partial charge in [0.2, 0.25) is 0 Å². The maximum atomic E-state index is 11.0. The lowest BCUT2D eigenvalue weighted by molar-refractivity contribution is 0.170. The molecule has 2 heterocycles. The van der Waals surface area contributed by atoms with Crippen molar-refractivity contribution in [1.29, 1.82) is 0 Å². The van der Waals surface area contributed by atoms with Crippen LogP contribution in [-0.2, 0) is 16.8 Å². The van der Waals surface area contributed by atoms with E-state index >= 15 is 0 Å². The van der Waals surface area contributed by atoms with Gasteiger partial charge in [-0.15, -0.1) is 11.3 Å². The summed E-state index contributed by atoms with van der Waals surface area (Å²) in [5.74, 6) is 0.335. The summed E-state index contributed by atoms with van der Waals surface area (Å²) in [4.78, 5) is 3.77. The molecule has 0 saturated carbocycles. The molecule has 1 aliphatic heterocycles. The molecule has 1 saturated heterocycles. The Labute approximate surface area is 135 Å². The first-order chi connectivity index (χ1) is 10.5. The minimum absolute atomic E-state index is 0.335. The van der Waals surface area contributed by atoms with Crippen LogP contribution in [0.5, 0.6) is 0 Å². The summed E-state index contributed by atoms with van der Waals surface area (Å²) in [7, 11) is -3.58. The fourth-order valence-electron chi connectivity index (χ4n) is 3.03. The van der Waals surface area contributed by atoms with Crippen molar-refractivity contribution in [1.82, 2.24) is 9.62 Å². The zero-order valence-electron chi connectivity index (χ0n) is 12.4. The number of likely N-dealkylation sites (tertiary alicyclic amines) is 1. The van der Waals surface area contributed by atoms with E-state index in [4.69, 9.17) is 5.14 Å². The monoisotopic (exact) mass is 339 g/mol. The molecule has 7 heteroatoms. The molecule has 0 spiro atoms. The Morgan fingerprint density at radius 1 is 1.36 bits per heavy atom. The second kappa shape index (κ2) is 6.64. The Kier molecular flexibility index (Phi) is 4.79. The quantitative estimate of drug-likeness (QED) is 0.874. The van der Waals surface area contributed by atoms with E-state index in [-0.39, 0.29) is 0 Å². The molecule has 1 aromatic heterocycles. The zero-order chi connectivity index (χ0) is 15.6. The molecule has 1 aromatic carbocycles. The predicted molar refractivity (Wildman–Crippen MR) is 90.9 cm³/mol. The molecule has 5 nitrogen and oxygen atoms in total. The highest BCUT2D eigenvalue weighted by Gasteiger charge is 2.21. The standard InChI is InChI=1S/C15H21N3O2S2/c16-22(19,20)17-9-12-4-3-7-18(10-12)11-14-8-13-5-1-2-6-15(13)21-14/h1-2,5-6,8,12,17H,3-4,7,9-11H2,(H2,16,19,20). The van der Waals surface area contributed by atoms with E-state index in [1.807, 2.05) is 11.3 Å². The van der Waals surface area contributed by atoms with Crippen LogP contribution in [0.4, 0.5) is 0 Å². The summed E-state index contributed by atoms with van der Waals surface area (Å²) in [5.41, 5.74) is 0. The maximum absolute atomic E-state index is 11.0. The molecule has 3 rings (SSSR count). The molecule has 3 N–H and O–H groups in total. The van der Waals surface area contributed by atoms with Crippen molar-refractivity contribution in [2.24, 2.45) is 11.1 Å². The Bertz CT molecular complexity index is 709. The number of benzene rings is 1. The lowest BCUT2D eigenvalue weighted by atomic mass is 9.98. The molecule has 22 heavy (non-hydrogen) atoms. The van der Waals surface area contributed by atoms with E-state index < -0.39 is 10.2 Å². The first kappa shape index (κ1) is 15.9. The highest BCUT2D eigenvalue weighted by molar-refractivity contribution is 7.87. The summed E-state index contributed by atoms with van der Waals surface area (Å²) < 4.78 is 25.7. The molecule has 1 unspecified atom stereocenters. The summed E-state index contributed by atoms with van der Waals surface area (Å²) in [6.45, 7) is 3.35. The van der Waals surface area contributed by atoms with Gasteiger partial charge in [0.1, 0.15) is 0 Å². The number of hydrogen-bond acceptors (Lipinski definition) is 4. The van der Waals surface area contributed by atoms with E-state index in [1.54, 1.807) is 0 Å². The van der Waals surface area contributed by atoms with Gasteiger partial charge in [-0.1, -0.05) is 18.2 Å². The minimum atomic E-state index is -3.58. The van der Waals surface area contributed by atoms with Gasteiger partial charge in [-0.3, -0.25) is 4.90 Å². The highest BCUT2D eigenvalue weighted by Crippen LogP contribution is 2.27. The van der Waals surface area contributed by atoms with Crippen LogP contribution < -0.4 is 9.86 Å². The topological polar surface area (TPSA) is 75.4 Å². The normalized spacial score (nSPS) is 20.5. The third kappa shape index (κ3) is 4.27. The van der Waals surface area contributed by atoms with Gasteiger partial charge in [0.25, 0.3) is 10.2 Å². The van der Waals surface area contributed by atoms with Crippen molar-refractivity contribution < 1.29 is 8.42 Å². The van der Waals surface area contributed by atoms with Crippen LogP contribution in [-0.4, -0.2) is 33.0 Å². The molecular weight excluding hydrogens is 318 g/mol. The number of nitrogens with zero attached hydrogens (tertiary/aromatic N) is 1. The van der Waals surface area contributed by atoms with Crippen LogP contribution >= 0.6 is 11.3 Å². The average molecular weight is 339 g/mol. The highest BCUT2D eigenvalue weighted by atomic mass is 32.2. The van der Waals surface area contributed by atoms with Crippen molar-refractivity contribution in [2.75, 3.05) is 19.6 Å². The summed E-state index contributed by atoms with van der Waals surface area (Å²) in [6.07, 6.45) is 2.15. The smallest absolute Gasteiger partial charge is 0.274 e. The lowest BCUT2D eigenvalue weighted by Crippen LogP contribution is -2.42. The maximum Gasteiger partial charge on any atom is 0.274 e. The Morgan fingerprint density at radius 2 is 2.18 bits per heavy atom. The van der Waals surface area contributed by atoms with Crippen molar-refractivity contribution in [3.63, 3.8) is 0 Å². The van der Waals surface area contributed by atoms with E-state index in [0.717, 1.165) is 32.5 Å². The SMILES string of the molecule is NS(=O)(=O)NCC1CCCN(Cc2cc3ccccc3s2)C1. The van der Waals surface area contributed by atoms with Crippen molar-refractivity contribution >= 4 is 31.6 Å². The first-order valence-electron chi connectivity index (χ1n) is 7.47. The second-order valence-corrected chi connectivity index (χ2v) is 8.43. The van der Waals surface area contributed by atoms with Crippen molar-refractivity contribution in [3.8, 4) is 0 Å². The van der Waals surface area contributed by atoms with Gasteiger partial charge in [0.15, 0.2) is 0 Å². The molecule has 120 valence electrons. The Morgan fingerprint density at radius 3 is 2.95 bits per heavy atom. The summed E-state index contributed by atoms with van der Waals surface area (Å²) in [5, 5.41) is 6.30. The molecule has 0 bridgehead atoms. The van der Waals surface area contributed by atoms with E-state index in [0.29, 0.717) is 12.5 Å². The Hall–Kier alpha value is -0.990. The number of piperidine rings is 1. The van der Waals surface area contributed by atoms with Crippen LogP contribution in [0.1, 0.15) is 17.7 Å². The fraction of sp³-hybridized carbons (Fsp3) is 0.467. The molecule has 1 aliphatic rings. The van der Waals surface area contributed by atoms with Crippen LogP contribution in [0.3, 0.4) is 0 Å². The average Bonchev–Trinajstić information content (AvgIpc) is 2.87. The summed E-state index contributed by atoms with van der Waals surface area (Å²) in [6, 6.07) is 10.7. The number of hydrogen-bond donors (Lipinski definition) is 2. The number of nitrogens with one attached hydrogen (secondary N) is 1. The first-order valence-corrected chi connectivity index (χ1v) is 9.83. The number of fused-ring (bicyclic) bond motifs is 1. The van der Waals surface area contributed by atoms with Crippen LogP contribution in [0.25, 0.3) is 10.1 Å². The van der Waals surface area contributed by atoms with Gasteiger partial charge in [0, 0.05) is 29.2 Å². The molecule has 2 aromatic rings. The van der Waals surface area contributed by atoms with Gasteiger partial charge in [-0.05, 0) is 42.8 Å². The van der Waals surface area contributed by atoms with Crippen LogP contribution in [0.15, 0.2) is 30.3 Å². The number of rotatable bonds is 5. The molecule has 0 radical (unpaired) electrons. The van der Waals surface area contributed by atoms with E-state index in [1.165, 1.54) is 15.0 Å². The molecule has 0 aliphatic carbocycles. The number of nitrogens with two attached hydrogens (primary N) is 1. The zero-order valence-corrected chi connectivity index (χ0v) is 14.0. The molecule has 1 atom stereocenters. The number of thiophene rings is 1. The second-order valence-electron chi connectivity index (χ2n) is 5.89. The summed E-state index contributed by atoms with van der Waals surface area (Å²) >= 11 is 1.84. The van der Waals surface area contributed by atoms with E-state index in [2.05, 4.69) is 40.0 Å². The van der Waals surface area contributed by atoms with Gasteiger partial charge in [-0.25, -0.2) is 9.86 Å². The van der Waals surface area contributed by atoms with Gasteiger partial charge < -0.3 is 0 Å². The molecule has 1 fully saturated rings. The lowest BCUT2D eigenvalue weighted by Gasteiger charge is -2.32. The minimum Gasteiger partial charge on any atom is -0.298 e. The molecular formula is C15H21N3O2S2. The van der Waals surface area contributed by atoms with E-state index in [9.17, 15) is 8.42 Å². The van der Waals surface area contributed by atoms with Crippen LogP contribution in [0, 0.1) is 5.92 Å².